The highest BCUT2D eigenvalue weighted by molar-refractivity contribution is 7.89. The van der Waals surface area contributed by atoms with Gasteiger partial charge in [0.2, 0.25) is 15.9 Å². The Morgan fingerprint density at radius 2 is 1.82 bits per heavy atom. The molecule has 28 heavy (non-hydrogen) atoms. The van der Waals surface area contributed by atoms with Crippen LogP contribution in [-0.4, -0.2) is 38.8 Å². The van der Waals surface area contributed by atoms with Crippen LogP contribution in [0.1, 0.15) is 24.8 Å². The maximum Gasteiger partial charge on any atom is 0.243 e. The van der Waals surface area contributed by atoms with Crippen molar-refractivity contribution in [3.63, 3.8) is 0 Å². The molecule has 1 saturated heterocycles. The van der Waals surface area contributed by atoms with E-state index in [9.17, 15) is 13.2 Å². The lowest BCUT2D eigenvalue weighted by atomic mass is 10.1. The molecule has 0 aliphatic carbocycles. The molecule has 2 aromatic rings. The molecule has 0 bridgehead atoms. The van der Waals surface area contributed by atoms with E-state index in [1.165, 1.54) is 11.4 Å². The fraction of sp³-hybridized carbons (Fsp3) is 0.350. The summed E-state index contributed by atoms with van der Waals surface area (Å²) in [5, 5.41) is 3.30. The highest BCUT2D eigenvalue weighted by atomic mass is 35.5. The van der Waals surface area contributed by atoms with E-state index in [-0.39, 0.29) is 12.3 Å². The predicted octanol–water partition coefficient (Wildman–Crippen LogP) is 3.70. The number of hydrogen-bond donors (Lipinski definition) is 1. The SMILES string of the molecule is COc1ccc(Cl)cc1NC(=O)CCc1ccc(S(=O)(=O)N2CCCC2)cc1. The van der Waals surface area contributed by atoms with E-state index >= 15 is 0 Å². The van der Waals surface area contributed by atoms with Gasteiger partial charge in [-0.2, -0.15) is 4.31 Å². The number of benzene rings is 2. The van der Waals surface area contributed by atoms with Gasteiger partial charge >= 0.3 is 0 Å². The Labute approximate surface area is 170 Å². The number of ether oxygens (including phenoxy) is 1. The number of rotatable bonds is 7. The number of nitrogens with zero attached hydrogens (tertiary/aromatic N) is 1. The fourth-order valence-corrected chi connectivity index (χ4v) is 4.84. The zero-order chi connectivity index (χ0) is 20.1. The van der Waals surface area contributed by atoms with Crippen molar-refractivity contribution in [1.29, 1.82) is 0 Å². The number of aryl methyl sites for hydroxylation is 1. The van der Waals surface area contributed by atoms with Crippen LogP contribution >= 0.6 is 11.6 Å². The third-order valence-electron chi connectivity index (χ3n) is 4.70. The smallest absolute Gasteiger partial charge is 0.243 e. The van der Waals surface area contributed by atoms with Crippen molar-refractivity contribution in [2.24, 2.45) is 0 Å². The number of amides is 1. The van der Waals surface area contributed by atoms with Gasteiger partial charge in [-0.1, -0.05) is 23.7 Å². The second kappa shape index (κ2) is 8.94. The lowest BCUT2D eigenvalue weighted by Crippen LogP contribution is -2.27. The summed E-state index contributed by atoms with van der Waals surface area (Å²) in [4.78, 5) is 12.6. The number of carbonyl (C=O) groups is 1. The van der Waals surface area contributed by atoms with E-state index in [0.717, 1.165) is 18.4 Å². The monoisotopic (exact) mass is 422 g/mol. The molecule has 1 aliphatic heterocycles. The zero-order valence-corrected chi connectivity index (χ0v) is 17.2. The van der Waals surface area contributed by atoms with Crippen molar-refractivity contribution in [3.05, 3.63) is 53.1 Å². The lowest BCUT2D eigenvalue weighted by molar-refractivity contribution is -0.116. The average Bonchev–Trinajstić information content (AvgIpc) is 3.23. The minimum atomic E-state index is -3.41. The number of halogens is 1. The van der Waals surface area contributed by atoms with Crippen LogP contribution in [0.15, 0.2) is 47.4 Å². The van der Waals surface area contributed by atoms with E-state index in [2.05, 4.69) is 5.32 Å². The molecule has 0 spiro atoms. The Morgan fingerprint density at radius 3 is 2.46 bits per heavy atom. The number of sulfonamides is 1. The van der Waals surface area contributed by atoms with Gasteiger partial charge in [0, 0.05) is 24.5 Å². The van der Waals surface area contributed by atoms with Crippen LogP contribution in [0.5, 0.6) is 5.75 Å². The van der Waals surface area contributed by atoms with Gasteiger partial charge in [0.05, 0.1) is 17.7 Å². The van der Waals surface area contributed by atoms with Crippen molar-refractivity contribution in [1.82, 2.24) is 4.31 Å². The molecule has 0 unspecified atom stereocenters. The third-order valence-corrected chi connectivity index (χ3v) is 6.85. The highest BCUT2D eigenvalue weighted by Gasteiger charge is 2.26. The Balaban J connectivity index is 1.59. The molecule has 0 saturated carbocycles. The maximum atomic E-state index is 12.5. The summed E-state index contributed by atoms with van der Waals surface area (Å²) in [5.74, 6) is 0.364. The second-order valence-electron chi connectivity index (χ2n) is 6.65. The number of methoxy groups -OCH3 is 1. The van der Waals surface area contributed by atoms with Crippen molar-refractivity contribution in [2.45, 2.75) is 30.6 Å². The van der Waals surface area contributed by atoms with Crippen molar-refractivity contribution >= 4 is 33.2 Å². The molecular weight excluding hydrogens is 400 g/mol. The van der Waals surface area contributed by atoms with Gasteiger partial charge in [0.1, 0.15) is 5.75 Å². The number of hydrogen-bond acceptors (Lipinski definition) is 4. The molecule has 8 heteroatoms. The van der Waals surface area contributed by atoms with E-state index in [1.54, 1.807) is 42.5 Å². The Morgan fingerprint density at radius 1 is 1.14 bits per heavy atom. The molecule has 0 radical (unpaired) electrons. The molecule has 1 fully saturated rings. The van der Waals surface area contributed by atoms with Crippen molar-refractivity contribution in [3.8, 4) is 5.75 Å². The molecule has 1 N–H and O–H groups in total. The van der Waals surface area contributed by atoms with Gasteiger partial charge in [-0.3, -0.25) is 4.79 Å². The van der Waals surface area contributed by atoms with E-state index in [0.29, 0.717) is 40.9 Å². The molecule has 1 amide bonds. The van der Waals surface area contributed by atoms with Crippen LogP contribution in [0, 0.1) is 0 Å². The summed E-state index contributed by atoms with van der Waals surface area (Å²) >= 11 is 5.97. The summed E-state index contributed by atoms with van der Waals surface area (Å²) in [6, 6.07) is 11.8. The first-order valence-corrected chi connectivity index (χ1v) is 10.9. The molecule has 2 aromatic carbocycles. The predicted molar refractivity (Wildman–Crippen MR) is 109 cm³/mol. The van der Waals surface area contributed by atoms with Gasteiger partial charge in [-0.05, 0) is 55.2 Å². The second-order valence-corrected chi connectivity index (χ2v) is 9.02. The molecular formula is C20H23ClN2O4S. The Bertz CT molecular complexity index is 939. The Hall–Kier alpha value is -2.09. The first-order chi connectivity index (χ1) is 13.4. The summed E-state index contributed by atoms with van der Waals surface area (Å²) in [5.41, 5.74) is 1.42. The first-order valence-electron chi connectivity index (χ1n) is 9.12. The summed E-state index contributed by atoms with van der Waals surface area (Å²) in [7, 11) is -1.89. The molecule has 0 aromatic heterocycles. The van der Waals surface area contributed by atoms with Gasteiger partial charge in [-0.15, -0.1) is 0 Å². The van der Waals surface area contributed by atoms with E-state index < -0.39 is 10.0 Å². The highest BCUT2D eigenvalue weighted by Crippen LogP contribution is 2.28. The summed E-state index contributed by atoms with van der Waals surface area (Å²) in [6.07, 6.45) is 2.57. The molecule has 0 atom stereocenters. The molecule has 150 valence electrons. The number of anilines is 1. The molecule has 3 rings (SSSR count). The average molecular weight is 423 g/mol. The third kappa shape index (κ3) is 4.84. The molecule has 1 aliphatic rings. The first kappa shape index (κ1) is 20.6. The van der Waals surface area contributed by atoms with Crippen LogP contribution in [0.2, 0.25) is 5.02 Å². The van der Waals surface area contributed by atoms with Gasteiger partial charge < -0.3 is 10.1 Å². The van der Waals surface area contributed by atoms with Gasteiger partial charge in [0.25, 0.3) is 0 Å². The minimum Gasteiger partial charge on any atom is -0.495 e. The zero-order valence-electron chi connectivity index (χ0n) is 15.7. The maximum absolute atomic E-state index is 12.5. The topological polar surface area (TPSA) is 75.7 Å². The van der Waals surface area contributed by atoms with Crippen LogP contribution in [-0.2, 0) is 21.2 Å². The number of carbonyl (C=O) groups excluding carboxylic acids is 1. The fourth-order valence-electron chi connectivity index (χ4n) is 3.15. The Kier molecular flexibility index (Phi) is 6.59. The largest absolute Gasteiger partial charge is 0.495 e. The van der Waals surface area contributed by atoms with Gasteiger partial charge in [-0.25, -0.2) is 8.42 Å². The van der Waals surface area contributed by atoms with Crippen molar-refractivity contribution < 1.29 is 17.9 Å². The van der Waals surface area contributed by atoms with Crippen molar-refractivity contribution in [2.75, 3.05) is 25.5 Å². The minimum absolute atomic E-state index is 0.172. The van der Waals surface area contributed by atoms with Crippen LogP contribution < -0.4 is 10.1 Å². The summed E-state index contributed by atoms with van der Waals surface area (Å²) < 4.78 is 31.8. The standard InChI is InChI=1S/C20H23ClN2O4S/c1-27-19-10-7-16(21)14-18(19)22-20(24)11-6-15-4-8-17(9-5-15)28(25,26)23-12-2-3-13-23/h4-5,7-10,14H,2-3,6,11-13H2,1H3,(H,22,24). The number of nitrogens with one attached hydrogen (secondary N) is 1. The summed E-state index contributed by atoms with van der Waals surface area (Å²) in [6.45, 7) is 1.16. The lowest BCUT2D eigenvalue weighted by Gasteiger charge is -2.15. The van der Waals surface area contributed by atoms with Crippen LogP contribution in [0.25, 0.3) is 0 Å². The van der Waals surface area contributed by atoms with Crippen LogP contribution in [0.4, 0.5) is 5.69 Å². The van der Waals surface area contributed by atoms with Crippen LogP contribution in [0.3, 0.4) is 0 Å². The normalized spacial score (nSPS) is 14.8. The van der Waals surface area contributed by atoms with E-state index in [4.69, 9.17) is 16.3 Å². The van der Waals surface area contributed by atoms with Gasteiger partial charge in [0.15, 0.2) is 0 Å². The van der Waals surface area contributed by atoms with E-state index in [1.807, 2.05) is 0 Å². The molecule has 6 nitrogen and oxygen atoms in total. The molecule has 1 heterocycles. The quantitative estimate of drug-likeness (QED) is 0.738.